The van der Waals surface area contributed by atoms with Crippen LogP contribution in [0.25, 0.3) is 0 Å². The summed E-state index contributed by atoms with van der Waals surface area (Å²) in [5, 5.41) is 0. The minimum atomic E-state index is 0.292. The molecule has 0 bridgehead atoms. The van der Waals surface area contributed by atoms with E-state index >= 15 is 0 Å². The van der Waals surface area contributed by atoms with E-state index in [2.05, 4.69) is 4.98 Å². The molecule has 0 spiro atoms. The van der Waals surface area contributed by atoms with E-state index in [1.807, 2.05) is 32.2 Å². The van der Waals surface area contributed by atoms with Crippen molar-refractivity contribution in [1.29, 1.82) is 0 Å². The Kier molecular flexibility index (Phi) is 4.11. The molecular formula is C11H16N2O. The van der Waals surface area contributed by atoms with Crippen LogP contribution >= 0.6 is 0 Å². The van der Waals surface area contributed by atoms with E-state index in [4.69, 9.17) is 0 Å². The SMILES string of the molecule is CN1CCCC1=O.Cc1ccccn1. The molecular weight excluding hydrogens is 176 g/mol. The van der Waals surface area contributed by atoms with Crippen LogP contribution in [0.15, 0.2) is 24.4 Å². The van der Waals surface area contributed by atoms with Crippen LogP contribution in [-0.2, 0) is 4.79 Å². The van der Waals surface area contributed by atoms with Gasteiger partial charge in [0.2, 0.25) is 5.91 Å². The molecule has 0 aliphatic carbocycles. The molecule has 0 atom stereocenters. The number of carbonyl (C=O) groups excluding carboxylic acids is 1. The lowest BCUT2D eigenvalue weighted by Crippen LogP contribution is -2.17. The van der Waals surface area contributed by atoms with E-state index in [-0.39, 0.29) is 0 Å². The third-order valence-corrected chi connectivity index (χ3v) is 2.12. The molecule has 2 heterocycles. The third-order valence-electron chi connectivity index (χ3n) is 2.12. The van der Waals surface area contributed by atoms with Crippen molar-refractivity contribution < 1.29 is 4.79 Å². The Labute approximate surface area is 84.8 Å². The molecule has 1 aliphatic heterocycles. The maximum absolute atomic E-state index is 10.5. The van der Waals surface area contributed by atoms with Crippen molar-refractivity contribution in [2.75, 3.05) is 13.6 Å². The van der Waals surface area contributed by atoms with Gasteiger partial charge in [-0.05, 0) is 25.5 Å². The third kappa shape index (κ3) is 3.56. The van der Waals surface area contributed by atoms with Crippen molar-refractivity contribution in [2.24, 2.45) is 0 Å². The van der Waals surface area contributed by atoms with Crippen LogP contribution in [0.3, 0.4) is 0 Å². The lowest BCUT2D eigenvalue weighted by Gasteiger charge is -2.03. The highest BCUT2D eigenvalue weighted by molar-refractivity contribution is 5.77. The Balaban J connectivity index is 0.000000140. The first-order valence-corrected chi connectivity index (χ1v) is 4.82. The Hall–Kier alpha value is -1.38. The van der Waals surface area contributed by atoms with E-state index < -0.39 is 0 Å². The predicted molar refractivity (Wildman–Crippen MR) is 55.8 cm³/mol. The normalized spacial score (nSPS) is 15.0. The van der Waals surface area contributed by atoms with Gasteiger partial charge in [-0.15, -0.1) is 0 Å². The lowest BCUT2D eigenvalue weighted by atomic mass is 10.4. The second kappa shape index (κ2) is 5.37. The number of amides is 1. The van der Waals surface area contributed by atoms with Crippen molar-refractivity contribution in [3.63, 3.8) is 0 Å². The van der Waals surface area contributed by atoms with Crippen molar-refractivity contribution >= 4 is 5.91 Å². The first-order valence-electron chi connectivity index (χ1n) is 4.82. The van der Waals surface area contributed by atoms with Crippen LogP contribution in [0, 0.1) is 6.92 Å². The molecule has 0 N–H and O–H groups in total. The highest BCUT2D eigenvalue weighted by Gasteiger charge is 2.14. The molecule has 3 heteroatoms. The van der Waals surface area contributed by atoms with Crippen LogP contribution in [0.2, 0.25) is 0 Å². The quantitative estimate of drug-likeness (QED) is 0.626. The molecule has 0 aromatic carbocycles. The van der Waals surface area contributed by atoms with Gasteiger partial charge in [-0.1, -0.05) is 6.07 Å². The predicted octanol–water partition coefficient (Wildman–Crippen LogP) is 1.63. The van der Waals surface area contributed by atoms with E-state index in [1.165, 1.54) is 0 Å². The first-order chi connectivity index (χ1) is 6.70. The standard InChI is InChI=1S/C6H7N.C5H9NO/c1-6-4-2-3-5-7-6;1-6-4-2-3-5(6)7/h2-5H,1H3;2-4H2,1H3. The summed E-state index contributed by atoms with van der Waals surface area (Å²) in [4.78, 5) is 16.2. The van der Waals surface area contributed by atoms with Gasteiger partial charge in [0.1, 0.15) is 0 Å². The molecule has 1 amide bonds. The molecule has 1 aromatic rings. The highest BCUT2D eigenvalue weighted by atomic mass is 16.2. The number of pyridine rings is 1. The fraction of sp³-hybridized carbons (Fsp3) is 0.455. The van der Waals surface area contributed by atoms with Gasteiger partial charge in [-0.25, -0.2) is 0 Å². The van der Waals surface area contributed by atoms with Crippen LogP contribution < -0.4 is 0 Å². The number of carbonyl (C=O) groups is 1. The number of aryl methyl sites for hydroxylation is 1. The van der Waals surface area contributed by atoms with Crippen LogP contribution in [0.5, 0.6) is 0 Å². The zero-order valence-electron chi connectivity index (χ0n) is 8.73. The minimum absolute atomic E-state index is 0.292. The van der Waals surface area contributed by atoms with Gasteiger partial charge in [0.05, 0.1) is 0 Å². The van der Waals surface area contributed by atoms with Gasteiger partial charge in [0.25, 0.3) is 0 Å². The summed E-state index contributed by atoms with van der Waals surface area (Å²) in [5.74, 6) is 0.292. The zero-order valence-corrected chi connectivity index (χ0v) is 8.73. The molecule has 0 radical (unpaired) electrons. The maximum Gasteiger partial charge on any atom is 0.222 e. The number of aromatic nitrogens is 1. The lowest BCUT2D eigenvalue weighted by molar-refractivity contribution is -0.126. The molecule has 0 saturated carbocycles. The summed E-state index contributed by atoms with van der Waals surface area (Å²) in [6, 6.07) is 5.86. The van der Waals surface area contributed by atoms with Gasteiger partial charge in [-0.2, -0.15) is 0 Å². The van der Waals surface area contributed by atoms with Crippen LogP contribution in [0.1, 0.15) is 18.5 Å². The monoisotopic (exact) mass is 192 g/mol. The summed E-state index contributed by atoms with van der Waals surface area (Å²) in [6.45, 7) is 2.93. The summed E-state index contributed by atoms with van der Waals surface area (Å²) in [5.41, 5.74) is 1.07. The number of rotatable bonds is 0. The number of likely N-dealkylation sites (tertiary alicyclic amines) is 1. The second-order valence-electron chi connectivity index (χ2n) is 3.39. The minimum Gasteiger partial charge on any atom is -0.346 e. The molecule has 0 unspecified atom stereocenters. The van der Waals surface area contributed by atoms with E-state index in [9.17, 15) is 4.79 Å². The maximum atomic E-state index is 10.5. The topological polar surface area (TPSA) is 33.2 Å². The summed E-state index contributed by atoms with van der Waals surface area (Å²) in [7, 11) is 1.84. The van der Waals surface area contributed by atoms with E-state index in [0.717, 1.165) is 25.1 Å². The van der Waals surface area contributed by atoms with Gasteiger partial charge in [-0.3, -0.25) is 9.78 Å². The smallest absolute Gasteiger partial charge is 0.222 e. The molecule has 2 rings (SSSR count). The number of hydrogen-bond donors (Lipinski definition) is 0. The summed E-state index contributed by atoms with van der Waals surface area (Å²) < 4.78 is 0. The van der Waals surface area contributed by atoms with Gasteiger partial charge < -0.3 is 4.90 Å². The zero-order chi connectivity index (χ0) is 10.4. The largest absolute Gasteiger partial charge is 0.346 e. The van der Waals surface area contributed by atoms with Gasteiger partial charge >= 0.3 is 0 Å². The first kappa shape index (κ1) is 10.7. The Bertz CT molecular complexity index is 285. The van der Waals surface area contributed by atoms with Gasteiger partial charge in [0.15, 0.2) is 0 Å². The molecule has 76 valence electrons. The summed E-state index contributed by atoms with van der Waals surface area (Å²) >= 11 is 0. The molecule has 14 heavy (non-hydrogen) atoms. The van der Waals surface area contributed by atoms with Crippen molar-refractivity contribution in [3.8, 4) is 0 Å². The Morgan fingerprint density at radius 1 is 1.43 bits per heavy atom. The van der Waals surface area contributed by atoms with Crippen LogP contribution in [-0.4, -0.2) is 29.4 Å². The molecule has 1 aliphatic rings. The Morgan fingerprint density at radius 3 is 2.43 bits per heavy atom. The fourth-order valence-electron chi connectivity index (χ4n) is 1.23. The van der Waals surface area contributed by atoms with Crippen molar-refractivity contribution in [1.82, 2.24) is 9.88 Å². The second-order valence-corrected chi connectivity index (χ2v) is 3.39. The molecule has 3 nitrogen and oxygen atoms in total. The van der Waals surface area contributed by atoms with Crippen molar-refractivity contribution in [2.45, 2.75) is 19.8 Å². The fourth-order valence-corrected chi connectivity index (χ4v) is 1.23. The molecule has 1 saturated heterocycles. The highest BCUT2D eigenvalue weighted by Crippen LogP contribution is 2.04. The summed E-state index contributed by atoms with van der Waals surface area (Å²) in [6.07, 6.45) is 3.60. The van der Waals surface area contributed by atoms with E-state index in [1.54, 1.807) is 11.1 Å². The van der Waals surface area contributed by atoms with Crippen molar-refractivity contribution in [3.05, 3.63) is 30.1 Å². The van der Waals surface area contributed by atoms with Gasteiger partial charge in [0, 0.05) is 31.9 Å². The number of hydrogen-bond acceptors (Lipinski definition) is 2. The van der Waals surface area contributed by atoms with E-state index in [0.29, 0.717) is 5.91 Å². The van der Waals surface area contributed by atoms with Crippen LogP contribution in [0.4, 0.5) is 0 Å². The Morgan fingerprint density at radius 2 is 2.21 bits per heavy atom. The molecule has 1 aromatic heterocycles. The number of nitrogens with zero attached hydrogens (tertiary/aromatic N) is 2. The molecule has 1 fully saturated rings. The average Bonchev–Trinajstić information content (AvgIpc) is 2.53. The average molecular weight is 192 g/mol.